The number of nitrogens with one attached hydrogen (secondary N) is 1. The van der Waals surface area contributed by atoms with Crippen LogP contribution in [0, 0.1) is 6.92 Å². The van der Waals surface area contributed by atoms with E-state index in [1.165, 1.54) is 6.07 Å². The van der Waals surface area contributed by atoms with Gasteiger partial charge in [-0.05, 0) is 61.5 Å². The highest BCUT2D eigenvalue weighted by molar-refractivity contribution is 7.92. The number of aryl methyl sites for hydroxylation is 1. The average Bonchev–Trinajstić information content (AvgIpc) is 2.64. The summed E-state index contributed by atoms with van der Waals surface area (Å²) in [5.41, 5.74) is 1.33. The number of sulfonamides is 1. The molecule has 0 saturated heterocycles. The molecular weight excluding hydrogens is 386 g/mol. The number of anilines is 1. The molecule has 140 valence electrons. The molecule has 3 rings (SSSR count). The van der Waals surface area contributed by atoms with Crippen molar-refractivity contribution < 1.29 is 17.9 Å². The van der Waals surface area contributed by atoms with Gasteiger partial charge in [0.2, 0.25) is 0 Å². The van der Waals surface area contributed by atoms with Crippen molar-refractivity contribution in [2.75, 3.05) is 11.8 Å². The van der Waals surface area contributed by atoms with E-state index in [0.717, 1.165) is 5.56 Å². The van der Waals surface area contributed by atoms with Crippen LogP contribution in [0.1, 0.15) is 5.56 Å². The van der Waals surface area contributed by atoms with Gasteiger partial charge in [0.05, 0.1) is 22.7 Å². The molecule has 27 heavy (non-hydrogen) atoms. The minimum atomic E-state index is -3.69. The van der Waals surface area contributed by atoms with Gasteiger partial charge in [0.25, 0.3) is 10.0 Å². The van der Waals surface area contributed by atoms with Crippen LogP contribution in [0.2, 0.25) is 5.02 Å². The Morgan fingerprint density at radius 3 is 2.11 bits per heavy atom. The second-order valence-corrected chi connectivity index (χ2v) is 7.93. The Labute approximate surface area is 163 Å². The van der Waals surface area contributed by atoms with Gasteiger partial charge in [-0.1, -0.05) is 29.3 Å². The molecule has 3 aromatic rings. The van der Waals surface area contributed by atoms with E-state index in [9.17, 15) is 8.42 Å². The molecule has 0 heterocycles. The first kappa shape index (κ1) is 19.1. The van der Waals surface area contributed by atoms with Crippen molar-refractivity contribution >= 4 is 27.3 Å². The maximum Gasteiger partial charge on any atom is 0.261 e. The van der Waals surface area contributed by atoms with E-state index in [1.54, 1.807) is 67.8 Å². The summed E-state index contributed by atoms with van der Waals surface area (Å²) in [5.74, 6) is 1.72. The molecule has 0 saturated carbocycles. The van der Waals surface area contributed by atoms with Gasteiger partial charge in [0, 0.05) is 0 Å². The predicted octanol–water partition coefficient (Wildman–Crippen LogP) is 5.25. The fourth-order valence-corrected chi connectivity index (χ4v) is 3.62. The molecule has 0 spiro atoms. The first-order valence-electron chi connectivity index (χ1n) is 8.08. The van der Waals surface area contributed by atoms with Gasteiger partial charge < -0.3 is 9.47 Å². The molecule has 0 aliphatic heterocycles. The van der Waals surface area contributed by atoms with Crippen LogP contribution in [0.4, 0.5) is 5.69 Å². The van der Waals surface area contributed by atoms with Crippen molar-refractivity contribution in [3.63, 3.8) is 0 Å². The summed E-state index contributed by atoms with van der Waals surface area (Å²) in [6.45, 7) is 1.89. The average molecular weight is 404 g/mol. The first-order valence-corrected chi connectivity index (χ1v) is 9.94. The minimum Gasteiger partial charge on any atom is -0.497 e. The van der Waals surface area contributed by atoms with Gasteiger partial charge in [0.1, 0.15) is 17.2 Å². The van der Waals surface area contributed by atoms with E-state index in [2.05, 4.69) is 4.72 Å². The monoisotopic (exact) mass is 403 g/mol. The summed E-state index contributed by atoms with van der Waals surface area (Å²) in [5, 5.41) is 0.287. The van der Waals surface area contributed by atoms with E-state index in [-0.39, 0.29) is 9.92 Å². The maximum absolute atomic E-state index is 12.5. The number of methoxy groups -OCH3 is 1. The first-order chi connectivity index (χ1) is 12.9. The lowest BCUT2D eigenvalue weighted by Crippen LogP contribution is -2.12. The molecule has 0 fully saturated rings. The van der Waals surface area contributed by atoms with Crippen LogP contribution in [0.25, 0.3) is 0 Å². The second-order valence-electron chi connectivity index (χ2n) is 5.84. The standard InChI is InChI=1S/C20H18ClNO4S/c1-14-3-10-18(11-4-14)27(23,24)22-15-5-12-20(19(21)13-15)26-17-8-6-16(25-2)7-9-17/h3-13,22H,1-2H3. The van der Waals surface area contributed by atoms with Gasteiger partial charge in [0.15, 0.2) is 0 Å². The van der Waals surface area contributed by atoms with Gasteiger partial charge in [-0.2, -0.15) is 0 Å². The smallest absolute Gasteiger partial charge is 0.261 e. The largest absolute Gasteiger partial charge is 0.497 e. The molecule has 0 aromatic heterocycles. The molecule has 0 atom stereocenters. The number of ether oxygens (including phenoxy) is 2. The van der Waals surface area contributed by atoms with Crippen molar-refractivity contribution in [3.8, 4) is 17.2 Å². The third-order valence-corrected chi connectivity index (χ3v) is 5.50. The maximum atomic E-state index is 12.5. The Hall–Kier alpha value is -2.70. The fourth-order valence-electron chi connectivity index (χ4n) is 2.35. The summed E-state index contributed by atoms with van der Waals surface area (Å²) in [6.07, 6.45) is 0. The van der Waals surface area contributed by atoms with Crippen LogP contribution in [-0.2, 0) is 10.0 Å². The van der Waals surface area contributed by atoms with E-state index < -0.39 is 10.0 Å². The van der Waals surface area contributed by atoms with E-state index in [0.29, 0.717) is 22.9 Å². The molecule has 0 unspecified atom stereocenters. The van der Waals surface area contributed by atoms with Crippen molar-refractivity contribution in [1.82, 2.24) is 0 Å². The lowest BCUT2D eigenvalue weighted by Gasteiger charge is -2.12. The quantitative estimate of drug-likeness (QED) is 0.610. The third kappa shape index (κ3) is 4.72. The lowest BCUT2D eigenvalue weighted by atomic mass is 10.2. The molecule has 0 aliphatic rings. The molecule has 1 N–H and O–H groups in total. The topological polar surface area (TPSA) is 64.6 Å². The summed E-state index contributed by atoms with van der Waals surface area (Å²) in [6, 6.07) is 18.4. The Morgan fingerprint density at radius 2 is 1.52 bits per heavy atom. The number of hydrogen-bond donors (Lipinski definition) is 1. The molecule has 0 bridgehead atoms. The highest BCUT2D eigenvalue weighted by Gasteiger charge is 2.15. The van der Waals surface area contributed by atoms with Crippen molar-refractivity contribution in [2.45, 2.75) is 11.8 Å². The van der Waals surface area contributed by atoms with E-state index in [4.69, 9.17) is 21.1 Å². The summed E-state index contributed by atoms with van der Waals surface area (Å²) < 4.78 is 38.3. The lowest BCUT2D eigenvalue weighted by molar-refractivity contribution is 0.413. The second kappa shape index (κ2) is 7.90. The number of benzene rings is 3. The number of rotatable bonds is 6. The zero-order valence-corrected chi connectivity index (χ0v) is 16.3. The zero-order valence-electron chi connectivity index (χ0n) is 14.8. The third-order valence-electron chi connectivity index (χ3n) is 3.80. The molecule has 0 aliphatic carbocycles. The fraction of sp³-hybridized carbons (Fsp3) is 0.100. The highest BCUT2D eigenvalue weighted by Crippen LogP contribution is 2.33. The SMILES string of the molecule is COc1ccc(Oc2ccc(NS(=O)(=O)c3ccc(C)cc3)cc2Cl)cc1. The van der Waals surface area contributed by atoms with Crippen molar-refractivity contribution in [2.24, 2.45) is 0 Å². The Balaban J connectivity index is 1.76. The van der Waals surface area contributed by atoms with Gasteiger partial charge in [-0.3, -0.25) is 4.72 Å². The molecule has 5 nitrogen and oxygen atoms in total. The van der Waals surface area contributed by atoms with Crippen LogP contribution in [-0.4, -0.2) is 15.5 Å². The van der Waals surface area contributed by atoms with Crippen molar-refractivity contribution in [1.29, 1.82) is 0 Å². The van der Waals surface area contributed by atoms with Gasteiger partial charge >= 0.3 is 0 Å². The molecule has 0 radical (unpaired) electrons. The number of hydrogen-bond acceptors (Lipinski definition) is 4. The normalized spacial score (nSPS) is 11.1. The predicted molar refractivity (Wildman–Crippen MR) is 107 cm³/mol. The summed E-state index contributed by atoms with van der Waals surface area (Å²) in [4.78, 5) is 0.183. The molecule has 7 heteroatoms. The highest BCUT2D eigenvalue weighted by atomic mass is 35.5. The Morgan fingerprint density at radius 1 is 0.889 bits per heavy atom. The van der Waals surface area contributed by atoms with Gasteiger partial charge in [-0.15, -0.1) is 0 Å². The minimum absolute atomic E-state index is 0.183. The summed E-state index contributed by atoms with van der Waals surface area (Å²) in [7, 11) is -2.10. The van der Waals surface area contributed by atoms with Crippen LogP contribution in [0.3, 0.4) is 0 Å². The van der Waals surface area contributed by atoms with Crippen LogP contribution in [0.5, 0.6) is 17.2 Å². The zero-order chi connectivity index (χ0) is 19.4. The molecule has 0 amide bonds. The van der Waals surface area contributed by atoms with E-state index >= 15 is 0 Å². The van der Waals surface area contributed by atoms with Crippen LogP contribution < -0.4 is 14.2 Å². The number of halogens is 1. The van der Waals surface area contributed by atoms with Gasteiger partial charge in [-0.25, -0.2) is 8.42 Å². The van der Waals surface area contributed by atoms with E-state index in [1.807, 2.05) is 6.92 Å². The Kier molecular flexibility index (Phi) is 5.58. The van der Waals surface area contributed by atoms with Crippen molar-refractivity contribution in [3.05, 3.63) is 77.3 Å². The molecule has 3 aromatic carbocycles. The van der Waals surface area contributed by atoms with Crippen LogP contribution in [0.15, 0.2) is 71.6 Å². The molecular formula is C20H18ClNO4S. The van der Waals surface area contributed by atoms with Crippen LogP contribution >= 0.6 is 11.6 Å². The summed E-state index contributed by atoms with van der Waals surface area (Å²) >= 11 is 6.25. The Bertz CT molecular complexity index is 1030.